The molecule has 2 aliphatic rings. The van der Waals surface area contributed by atoms with Gasteiger partial charge in [0.05, 0.1) is 19.7 Å². The lowest BCUT2D eigenvalue weighted by Gasteiger charge is -2.23. The summed E-state index contributed by atoms with van der Waals surface area (Å²) in [5.41, 5.74) is 2.97. The minimum Gasteiger partial charge on any atom is -0.497 e. The van der Waals surface area contributed by atoms with Crippen LogP contribution in [0.5, 0.6) is 5.75 Å². The van der Waals surface area contributed by atoms with Crippen molar-refractivity contribution in [2.75, 3.05) is 32.1 Å². The van der Waals surface area contributed by atoms with E-state index in [2.05, 4.69) is 5.32 Å². The molecule has 4 rings (SSSR count). The van der Waals surface area contributed by atoms with Gasteiger partial charge in [0.25, 0.3) is 0 Å². The third kappa shape index (κ3) is 4.13. The Bertz CT molecular complexity index is 899. The highest BCUT2D eigenvalue weighted by Crippen LogP contribution is 2.28. The van der Waals surface area contributed by atoms with E-state index in [0.717, 1.165) is 29.0 Å². The van der Waals surface area contributed by atoms with Crippen LogP contribution in [0.25, 0.3) is 0 Å². The van der Waals surface area contributed by atoms with Crippen LogP contribution >= 0.6 is 0 Å². The van der Waals surface area contributed by atoms with Crippen LogP contribution in [0.3, 0.4) is 0 Å². The Labute approximate surface area is 170 Å². The summed E-state index contributed by atoms with van der Waals surface area (Å²) < 4.78 is 10.7. The van der Waals surface area contributed by atoms with E-state index in [1.807, 2.05) is 55.5 Å². The average Bonchev–Trinajstić information content (AvgIpc) is 3.24. The Morgan fingerprint density at radius 2 is 2.00 bits per heavy atom. The van der Waals surface area contributed by atoms with Gasteiger partial charge in [-0.3, -0.25) is 4.90 Å². The minimum absolute atomic E-state index is 0.107. The molecule has 2 saturated heterocycles. The average molecular weight is 395 g/mol. The van der Waals surface area contributed by atoms with Gasteiger partial charge in [0.1, 0.15) is 11.9 Å². The lowest BCUT2D eigenvalue weighted by Crippen LogP contribution is -2.41. The summed E-state index contributed by atoms with van der Waals surface area (Å²) in [4.78, 5) is 28.4. The number of nitrogens with zero attached hydrogens (tertiary/aromatic N) is 2. The van der Waals surface area contributed by atoms with E-state index >= 15 is 0 Å². The zero-order chi connectivity index (χ0) is 20.4. The number of hydrogen-bond acceptors (Lipinski definition) is 4. The maximum atomic E-state index is 12.6. The van der Waals surface area contributed by atoms with Gasteiger partial charge in [-0.15, -0.1) is 0 Å². The first-order chi connectivity index (χ1) is 14.0. The fraction of sp³-hybridized carbons (Fsp3) is 0.364. The molecule has 0 saturated carbocycles. The summed E-state index contributed by atoms with van der Waals surface area (Å²) in [5.74, 6) is 0.806. The highest BCUT2D eigenvalue weighted by molar-refractivity contribution is 5.90. The summed E-state index contributed by atoms with van der Waals surface area (Å²) in [7, 11) is 1.64. The van der Waals surface area contributed by atoms with Crippen LogP contribution in [0.4, 0.5) is 15.3 Å². The van der Waals surface area contributed by atoms with Gasteiger partial charge in [-0.05, 0) is 48.7 Å². The molecule has 2 aromatic carbocycles. The molecule has 0 radical (unpaired) electrons. The van der Waals surface area contributed by atoms with Crippen LogP contribution in [0.1, 0.15) is 11.1 Å². The quantitative estimate of drug-likeness (QED) is 0.843. The number of methoxy groups -OCH3 is 1. The molecular weight excluding hydrogens is 370 g/mol. The number of anilines is 1. The number of ether oxygens (including phenoxy) is 2. The number of urea groups is 1. The molecule has 2 aromatic rings. The van der Waals surface area contributed by atoms with Crippen LogP contribution in [0.2, 0.25) is 0 Å². The van der Waals surface area contributed by atoms with E-state index in [1.165, 1.54) is 0 Å². The van der Waals surface area contributed by atoms with E-state index in [0.29, 0.717) is 19.6 Å². The zero-order valence-electron chi connectivity index (χ0n) is 16.6. The van der Waals surface area contributed by atoms with E-state index < -0.39 is 0 Å². The second-order valence-electron chi connectivity index (χ2n) is 7.49. The molecule has 0 spiro atoms. The first-order valence-corrected chi connectivity index (χ1v) is 9.76. The summed E-state index contributed by atoms with van der Waals surface area (Å²) >= 11 is 0. The zero-order valence-corrected chi connectivity index (χ0v) is 16.6. The van der Waals surface area contributed by atoms with E-state index in [9.17, 15) is 9.59 Å². The van der Waals surface area contributed by atoms with Crippen molar-refractivity contribution < 1.29 is 19.1 Å². The molecule has 3 amide bonds. The predicted octanol–water partition coefficient (Wildman–Crippen LogP) is 3.28. The first-order valence-electron chi connectivity index (χ1n) is 9.76. The smallest absolute Gasteiger partial charge is 0.410 e. The van der Waals surface area contributed by atoms with Gasteiger partial charge < -0.3 is 19.7 Å². The molecule has 7 heteroatoms. The fourth-order valence-electron chi connectivity index (χ4n) is 3.89. The number of benzene rings is 2. The lowest BCUT2D eigenvalue weighted by molar-refractivity contribution is 0.124. The molecule has 29 heavy (non-hydrogen) atoms. The minimum atomic E-state index is -0.299. The van der Waals surface area contributed by atoms with Crippen molar-refractivity contribution >= 4 is 17.8 Å². The second kappa shape index (κ2) is 8.03. The standard InChI is InChI=1S/C22H25N3O4/c1-15-4-3-5-17(12-15)23-21(26)24-13-19-20(14-24)29-22(27)25(19)11-10-16-6-8-18(28-2)9-7-16/h3-9,12,19-20H,10-11,13-14H2,1-2H3,(H,23,26)/t19-,20+/m0/s1. The number of likely N-dealkylation sites (tertiary alicyclic amines) is 1. The molecule has 0 bridgehead atoms. The summed E-state index contributed by atoms with van der Waals surface area (Å²) in [5, 5.41) is 2.92. The Morgan fingerprint density at radius 3 is 2.72 bits per heavy atom. The first kappa shape index (κ1) is 19.1. The third-order valence-electron chi connectivity index (χ3n) is 5.48. The fourth-order valence-corrected chi connectivity index (χ4v) is 3.89. The summed E-state index contributed by atoms with van der Waals surface area (Å²) in [6.45, 7) is 3.42. The number of aryl methyl sites for hydroxylation is 1. The Kier molecular flexibility index (Phi) is 5.29. The Morgan fingerprint density at radius 1 is 1.21 bits per heavy atom. The highest BCUT2D eigenvalue weighted by atomic mass is 16.6. The molecule has 2 heterocycles. The molecule has 0 unspecified atom stereocenters. The van der Waals surface area contributed by atoms with Gasteiger partial charge in [-0.1, -0.05) is 24.3 Å². The molecule has 0 aromatic heterocycles. The largest absolute Gasteiger partial charge is 0.497 e. The lowest BCUT2D eigenvalue weighted by atomic mass is 10.1. The number of rotatable bonds is 5. The second-order valence-corrected chi connectivity index (χ2v) is 7.49. The summed E-state index contributed by atoms with van der Waals surface area (Å²) in [6, 6.07) is 15.2. The van der Waals surface area contributed by atoms with Crippen molar-refractivity contribution in [1.82, 2.24) is 9.80 Å². The van der Waals surface area contributed by atoms with Crippen molar-refractivity contribution in [1.29, 1.82) is 0 Å². The molecule has 2 atom stereocenters. The number of amides is 3. The molecule has 1 N–H and O–H groups in total. The third-order valence-corrected chi connectivity index (χ3v) is 5.48. The molecule has 152 valence electrons. The van der Waals surface area contributed by atoms with Crippen molar-refractivity contribution in [3.05, 3.63) is 59.7 Å². The maximum absolute atomic E-state index is 12.6. The van der Waals surface area contributed by atoms with Gasteiger partial charge in [-0.25, -0.2) is 9.59 Å². The molecule has 2 fully saturated rings. The number of hydrogen-bond donors (Lipinski definition) is 1. The van der Waals surface area contributed by atoms with Crippen molar-refractivity contribution in [2.45, 2.75) is 25.5 Å². The highest BCUT2D eigenvalue weighted by Gasteiger charge is 2.48. The van der Waals surface area contributed by atoms with Crippen LogP contribution < -0.4 is 10.1 Å². The van der Waals surface area contributed by atoms with Crippen LogP contribution in [0.15, 0.2) is 48.5 Å². The maximum Gasteiger partial charge on any atom is 0.410 e. The van der Waals surface area contributed by atoms with E-state index in [-0.39, 0.29) is 24.3 Å². The molecule has 0 aliphatic carbocycles. The molecular formula is C22H25N3O4. The van der Waals surface area contributed by atoms with Gasteiger partial charge >= 0.3 is 12.1 Å². The van der Waals surface area contributed by atoms with Crippen molar-refractivity contribution in [3.8, 4) is 5.75 Å². The topological polar surface area (TPSA) is 71.1 Å². The monoisotopic (exact) mass is 395 g/mol. The number of fused-ring (bicyclic) bond motifs is 1. The van der Waals surface area contributed by atoms with Crippen molar-refractivity contribution in [2.24, 2.45) is 0 Å². The Hall–Kier alpha value is -3.22. The SMILES string of the molecule is COc1ccc(CCN2C(=O)O[C@@H]3CN(C(=O)Nc4cccc(C)c4)C[C@@H]32)cc1. The van der Waals surface area contributed by atoms with Gasteiger partial charge in [-0.2, -0.15) is 0 Å². The van der Waals surface area contributed by atoms with Crippen molar-refractivity contribution in [3.63, 3.8) is 0 Å². The predicted molar refractivity (Wildman–Crippen MR) is 109 cm³/mol. The number of nitrogens with one attached hydrogen (secondary N) is 1. The normalized spacial score (nSPS) is 20.4. The summed E-state index contributed by atoms with van der Waals surface area (Å²) in [6.07, 6.45) is 0.145. The number of carbonyl (C=O) groups excluding carboxylic acids is 2. The van der Waals surface area contributed by atoms with Crippen LogP contribution in [-0.2, 0) is 11.2 Å². The van der Waals surface area contributed by atoms with Crippen LogP contribution in [-0.4, -0.2) is 60.8 Å². The van der Waals surface area contributed by atoms with E-state index in [4.69, 9.17) is 9.47 Å². The molecule has 7 nitrogen and oxygen atoms in total. The van der Waals surface area contributed by atoms with Gasteiger partial charge in [0, 0.05) is 18.8 Å². The Balaban J connectivity index is 1.35. The van der Waals surface area contributed by atoms with E-state index in [1.54, 1.807) is 16.9 Å². The van der Waals surface area contributed by atoms with Gasteiger partial charge in [0.15, 0.2) is 0 Å². The molecule has 2 aliphatic heterocycles. The van der Waals surface area contributed by atoms with Gasteiger partial charge in [0.2, 0.25) is 0 Å². The number of carbonyl (C=O) groups is 2. The van der Waals surface area contributed by atoms with Crippen LogP contribution in [0, 0.1) is 6.92 Å².